The topological polar surface area (TPSA) is 83.8 Å². The third-order valence-corrected chi connectivity index (χ3v) is 3.60. The van der Waals surface area contributed by atoms with Gasteiger partial charge in [0.25, 0.3) is 0 Å². The number of ether oxygens (including phenoxy) is 1. The van der Waals surface area contributed by atoms with Gasteiger partial charge in [-0.05, 0) is 47.9 Å². The minimum atomic E-state index is -0.932. The maximum atomic E-state index is 10.3. The van der Waals surface area contributed by atoms with E-state index in [1.54, 1.807) is 13.2 Å². The second kappa shape index (κ2) is 11.0. The summed E-state index contributed by atoms with van der Waals surface area (Å²) in [6.45, 7) is 0. The van der Waals surface area contributed by atoms with Crippen LogP contribution in [-0.2, 0) is 16.0 Å². The summed E-state index contributed by atoms with van der Waals surface area (Å²) >= 11 is 3.29. The molecule has 5 nitrogen and oxygen atoms in total. The van der Waals surface area contributed by atoms with Crippen molar-refractivity contribution in [3.63, 3.8) is 0 Å². The molecule has 0 spiro atoms. The Labute approximate surface area is 154 Å². The van der Waals surface area contributed by atoms with Crippen molar-refractivity contribution in [3.05, 3.63) is 70.2 Å². The molecule has 0 saturated heterocycles. The van der Waals surface area contributed by atoms with Gasteiger partial charge in [0.05, 0.1) is 7.11 Å². The lowest BCUT2D eigenvalue weighted by molar-refractivity contribution is -0.137. The number of aryl methyl sites for hydroxylation is 1. The van der Waals surface area contributed by atoms with E-state index in [9.17, 15) is 9.59 Å². The molecule has 0 aliphatic rings. The maximum Gasteiger partial charge on any atom is 0.328 e. The Morgan fingerprint density at radius 1 is 1.04 bits per heavy atom. The zero-order valence-electron chi connectivity index (χ0n) is 13.7. The van der Waals surface area contributed by atoms with E-state index < -0.39 is 11.9 Å². The number of carboxylic acid groups (broad SMARTS) is 2. The van der Waals surface area contributed by atoms with Crippen LogP contribution in [0.4, 0.5) is 0 Å². The first-order chi connectivity index (χ1) is 11.9. The monoisotopic (exact) mass is 406 g/mol. The van der Waals surface area contributed by atoms with Crippen molar-refractivity contribution < 1.29 is 24.5 Å². The molecule has 0 radical (unpaired) electrons. The molecular weight excluding hydrogens is 388 g/mol. The Morgan fingerprint density at radius 3 is 2.12 bits per heavy atom. The largest absolute Gasteiger partial charge is 0.497 e. The fraction of sp³-hybridized carbons (Fsp3) is 0.158. The lowest BCUT2D eigenvalue weighted by Crippen LogP contribution is -1.97. The first-order valence-corrected chi connectivity index (χ1v) is 8.21. The van der Waals surface area contributed by atoms with Gasteiger partial charge in [-0.15, -0.1) is 0 Å². The molecule has 0 amide bonds. The molecule has 0 bridgehead atoms. The number of aliphatic carboxylic acids is 2. The van der Waals surface area contributed by atoms with Crippen LogP contribution < -0.4 is 4.74 Å². The molecule has 0 saturated carbocycles. The van der Waals surface area contributed by atoms with Gasteiger partial charge in [0.15, 0.2) is 0 Å². The molecule has 0 fully saturated rings. The first kappa shape index (κ1) is 20.4. The summed E-state index contributed by atoms with van der Waals surface area (Å²) in [5.41, 5.74) is 1.89. The van der Waals surface area contributed by atoms with Gasteiger partial charge in [0, 0.05) is 17.0 Å². The highest BCUT2D eigenvalue weighted by atomic mass is 79.9. The predicted octanol–water partition coefficient (Wildman–Crippen LogP) is 4.26. The van der Waals surface area contributed by atoms with E-state index in [1.165, 1.54) is 0 Å². The second-order valence-electron chi connectivity index (χ2n) is 4.96. The Bertz CT molecular complexity index is 706. The van der Waals surface area contributed by atoms with E-state index in [2.05, 4.69) is 15.9 Å². The minimum Gasteiger partial charge on any atom is -0.497 e. The Balaban J connectivity index is 0.000000251. The average Bonchev–Trinajstić information content (AvgIpc) is 2.60. The summed E-state index contributed by atoms with van der Waals surface area (Å²) in [6.07, 6.45) is 3.41. The van der Waals surface area contributed by atoms with E-state index in [4.69, 9.17) is 14.9 Å². The molecule has 2 aromatic carbocycles. The highest BCUT2D eigenvalue weighted by Crippen LogP contribution is 2.12. The van der Waals surface area contributed by atoms with Crippen molar-refractivity contribution in [2.24, 2.45) is 0 Å². The Morgan fingerprint density at radius 2 is 1.64 bits per heavy atom. The van der Waals surface area contributed by atoms with Gasteiger partial charge in [-0.3, -0.25) is 4.79 Å². The van der Waals surface area contributed by atoms with Crippen LogP contribution in [0.5, 0.6) is 5.75 Å². The summed E-state index contributed by atoms with van der Waals surface area (Å²) in [6, 6.07) is 14.8. The summed E-state index contributed by atoms with van der Waals surface area (Å²) in [5.74, 6) is -0.909. The van der Waals surface area contributed by atoms with Crippen LogP contribution >= 0.6 is 15.9 Å². The summed E-state index contributed by atoms with van der Waals surface area (Å²) in [5, 5.41) is 16.8. The van der Waals surface area contributed by atoms with E-state index >= 15 is 0 Å². The van der Waals surface area contributed by atoms with E-state index in [1.807, 2.05) is 48.5 Å². The molecule has 0 atom stereocenters. The SMILES string of the molecule is COc1ccc(CCC(=O)O)cc1.O=C(O)C=Cc1ccc(Br)cc1. The first-order valence-electron chi connectivity index (χ1n) is 7.42. The normalized spacial score (nSPS) is 10.0. The number of hydrogen-bond acceptors (Lipinski definition) is 3. The number of rotatable bonds is 6. The van der Waals surface area contributed by atoms with Gasteiger partial charge in [-0.25, -0.2) is 4.79 Å². The number of benzene rings is 2. The van der Waals surface area contributed by atoms with Crippen LogP contribution in [0.25, 0.3) is 6.08 Å². The van der Waals surface area contributed by atoms with Gasteiger partial charge in [-0.2, -0.15) is 0 Å². The lowest BCUT2D eigenvalue weighted by Gasteiger charge is -2.01. The second-order valence-corrected chi connectivity index (χ2v) is 5.88. The van der Waals surface area contributed by atoms with Gasteiger partial charge in [0.2, 0.25) is 0 Å². The minimum absolute atomic E-state index is 0.173. The quantitative estimate of drug-likeness (QED) is 0.700. The number of carbonyl (C=O) groups is 2. The number of halogens is 1. The van der Waals surface area contributed by atoms with Crippen LogP contribution in [0.2, 0.25) is 0 Å². The Hall–Kier alpha value is -2.60. The summed E-state index contributed by atoms with van der Waals surface area (Å²) in [7, 11) is 1.60. The molecule has 6 heteroatoms. The zero-order chi connectivity index (χ0) is 18.7. The fourth-order valence-corrected chi connectivity index (χ4v) is 2.05. The standard InChI is InChI=1S/C10H12O3.C9H7BrO2/c1-13-9-5-2-8(3-6-9)4-7-10(11)12;10-8-4-1-7(2-5-8)3-6-9(11)12/h2-3,5-6H,4,7H2,1H3,(H,11,12);1-6H,(H,11,12). The van der Waals surface area contributed by atoms with Crippen molar-refractivity contribution in [2.75, 3.05) is 7.11 Å². The molecule has 0 heterocycles. The molecule has 25 heavy (non-hydrogen) atoms. The molecule has 0 aliphatic carbocycles. The van der Waals surface area contributed by atoms with Gasteiger partial charge in [0.1, 0.15) is 5.75 Å². The third-order valence-electron chi connectivity index (χ3n) is 3.07. The zero-order valence-corrected chi connectivity index (χ0v) is 15.3. The molecule has 0 unspecified atom stereocenters. The highest BCUT2D eigenvalue weighted by Gasteiger charge is 1.98. The van der Waals surface area contributed by atoms with Crippen molar-refractivity contribution in [2.45, 2.75) is 12.8 Å². The van der Waals surface area contributed by atoms with Crippen LogP contribution in [0.3, 0.4) is 0 Å². The molecule has 0 aliphatic heterocycles. The van der Waals surface area contributed by atoms with E-state index in [0.29, 0.717) is 6.42 Å². The molecule has 2 N–H and O–H groups in total. The highest BCUT2D eigenvalue weighted by molar-refractivity contribution is 9.10. The number of hydrogen-bond donors (Lipinski definition) is 2. The van der Waals surface area contributed by atoms with E-state index in [0.717, 1.165) is 27.4 Å². The van der Waals surface area contributed by atoms with Gasteiger partial charge < -0.3 is 14.9 Å². The number of methoxy groups -OCH3 is 1. The molecule has 2 rings (SSSR count). The fourth-order valence-electron chi connectivity index (χ4n) is 1.78. The van der Waals surface area contributed by atoms with Crippen LogP contribution in [-0.4, -0.2) is 29.3 Å². The smallest absolute Gasteiger partial charge is 0.328 e. The van der Waals surface area contributed by atoms with Gasteiger partial charge in [-0.1, -0.05) is 40.2 Å². The Kier molecular flexibility index (Phi) is 9.03. The predicted molar refractivity (Wildman–Crippen MR) is 99.8 cm³/mol. The molecule has 2 aromatic rings. The lowest BCUT2D eigenvalue weighted by atomic mass is 10.1. The maximum absolute atomic E-state index is 10.3. The van der Waals surface area contributed by atoms with Crippen molar-refractivity contribution in [1.82, 2.24) is 0 Å². The summed E-state index contributed by atoms with van der Waals surface area (Å²) < 4.78 is 5.96. The molecular formula is C19H19BrO5. The van der Waals surface area contributed by atoms with Crippen LogP contribution in [0.1, 0.15) is 17.5 Å². The van der Waals surface area contributed by atoms with Crippen LogP contribution in [0, 0.1) is 0 Å². The molecule has 0 aromatic heterocycles. The third kappa shape index (κ3) is 9.32. The summed E-state index contributed by atoms with van der Waals surface area (Å²) in [4.78, 5) is 20.4. The van der Waals surface area contributed by atoms with Crippen molar-refractivity contribution in [1.29, 1.82) is 0 Å². The van der Waals surface area contributed by atoms with E-state index in [-0.39, 0.29) is 6.42 Å². The van der Waals surface area contributed by atoms with Crippen molar-refractivity contribution in [3.8, 4) is 5.75 Å². The number of carboxylic acids is 2. The van der Waals surface area contributed by atoms with Gasteiger partial charge >= 0.3 is 11.9 Å². The average molecular weight is 407 g/mol. The van der Waals surface area contributed by atoms with Crippen LogP contribution in [0.15, 0.2) is 59.1 Å². The van der Waals surface area contributed by atoms with Crippen molar-refractivity contribution >= 4 is 33.9 Å². The molecule has 132 valence electrons.